The number of benzene rings is 1. The van der Waals surface area contributed by atoms with Crippen LogP contribution in [0.25, 0.3) is 11.4 Å². The van der Waals surface area contributed by atoms with Gasteiger partial charge in [-0.3, -0.25) is 4.57 Å². The number of rotatable bonds is 8. The quantitative estimate of drug-likeness (QED) is 0.503. The molecule has 0 aliphatic heterocycles. The van der Waals surface area contributed by atoms with Crippen LogP contribution in [0.15, 0.2) is 33.9 Å². The highest BCUT2D eigenvalue weighted by Crippen LogP contribution is 2.35. The Balaban J connectivity index is 1.80. The number of aromatic nitrogens is 3. The Morgan fingerprint density at radius 2 is 1.88 bits per heavy atom. The zero-order valence-electron chi connectivity index (χ0n) is 14.4. The van der Waals surface area contributed by atoms with Crippen molar-refractivity contribution < 1.29 is 10.4 Å². The van der Waals surface area contributed by atoms with E-state index in [-0.39, 0.29) is 6.61 Å². The second kappa shape index (κ2) is 9.71. The molecule has 1 heterocycles. The lowest BCUT2D eigenvalue weighted by Gasteiger charge is -2.25. The molecule has 0 unspecified atom stereocenters. The van der Waals surface area contributed by atoms with E-state index in [1.807, 2.05) is 0 Å². The SMILES string of the molecule is OCC[NH2+]CCSc1nnc(-c2ccc(Br)cc2)n1C1CCCCC1. The summed E-state index contributed by atoms with van der Waals surface area (Å²) < 4.78 is 3.45. The van der Waals surface area contributed by atoms with Gasteiger partial charge in [0.15, 0.2) is 11.0 Å². The number of thioether (sulfide) groups is 1. The average molecular weight is 426 g/mol. The zero-order chi connectivity index (χ0) is 17.5. The van der Waals surface area contributed by atoms with E-state index in [2.05, 4.69) is 60.3 Å². The minimum atomic E-state index is 0.233. The molecule has 1 aromatic carbocycles. The summed E-state index contributed by atoms with van der Waals surface area (Å²) in [5, 5.41) is 21.1. The van der Waals surface area contributed by atoms with Crippen molar-refractivity contribution in [1.29, 1.82) is 0 Å². The second-order valence-corrected chi connectivity index (χ2v) is 8.39. The number of halogens is 1. The van der Waals surface area contributed by atoms with Crippen molar-refractivity contribution in [2.75, 3.05) is 25.4 Å². The molecule has 136 valence electrons. The highest BCUT2D eigenvalue weighted by Gasteiger charge is 2.23. The molecule has 0 atom stereocenters. The van der Waals surface area contributed by atoms with Crippen molar-refractivity contribution in [1.82, 2.24) is 14.8 Å². The summed E-state index contributed by atoms with van der Waals surface area (Å²) in [6.45, 7) is 1.98. The van der Waals surface area contributed by atoms with Crippen molar-refractivity contribution in [3.63, 3.8) is 0 Å². The molecule has 1 fully saturated rings. The Bertz CT molecular complexity index is 656. The molecule has 0 bridgehead atoms. The average Bonchev–Trinajstić information content (AvgIpc) is 3.07. The summed E-state index contributed by atoms with van der Waals surface area (Å²) >= 11 is 5.28. The third kappa shape index (κ3) is 5.06. The van der Waals surface area contributed by atoms with Gasteiger partial charge in [0.2, 0.25) is 0 Å². The molecule has 7 heteroatoms. The van der Waals surface area contributed by atoms with Crippen LogP contribution in [0.4, 0.5) is 0 Å². The second-order valence-electron chi connectivity index (χ2n) is 6.41. The van der Waals surface area contributed by atoms with E-state index >= 15 is 0 Å². The van der Waals surface area contributed by atoms with E-state index in [1.165, 1.54) is 32.1 Å². The molecule has 2 aromatic rings. The Morgan fingerprint density at radius 1 is 1.12 bits per heavy atom. The number of hydrogen-bond donors (Lipinski definition) is 2. The monoisotopic (exact) mass is 425 g/mol. The first-order valence-corrected chi connectivity index (χ1v) is 10.8. The van der Waals surface area contributed by atoms with Gasteiger partial charge in [0, 0.05) is 16.1 Å². The van der Waals surface area contributed by atoms with Gasteiger partial charge in [0.05, 0.1) is 25.4 Å². The minimum absolute atomic E-state index is 0.233. The first-order chi connectivity index (χ1) is 12.3. The molecular weight excluding hydrogens is 400 g/mol. The summed E-state index contributed by atoms with van der Waals surface area (Å²) in [7, 11) is 0. The van der Waals surface area contributed by atoms with E-state index < -0.39 is 0 Å². The van der Waals surface area contributed by atoms with Crippen LogP contribution in [0.2, 0.25) is 0 Å². The molecule has 25 heavy (non-hydrogen) atoms. The molecule has 0 radical (unpaired) electrons. The summed E-state index contributed by atoms with van der Waals surface area (Å²) in [6, 6.07) is 8.84. The van der Waals surface area contributed by atoms with Gasteiger partial charge in [-0.15, -0.1) is 10.2 Å². The van der Waals surface area contributed by atoms with E-state index in [0.717, 1.165) is 39.9 Å². The molecule has 1 saturated carbocycles. The largest absolute Gasteiger partial charge is 0.391 e. The third-order valence-electron chi connectivity index (χ3n) is 4.59. The van der Waals surface area contributed by atoms with Gasteiger partial charge in [-0.25, -0.2) is 0 Å². The smallest absolute Gasteiger partial charge is 0.191 e. The number of nitrogens with two attached hydrogens (primary N) is 1. The molecule has 0 amide bonds. The van der Waals surface area contributed by atoms with E-state index in [9.17, 15) is 0 Å². The van der Waals surface area contributed by atoms with Crippen molar-refractivity contribution >= 4 is 27.7 Å². The number of aliphatic hydroxyl groups is 1. The van der Waals surface area contributed by atoms with Crippen molar-refractivity contribution in [3.05, 3.63) is 28.7 Å². The van der Waals surface area contributed by atoms with Crippen LogP contribution in [0, 0.1) is 0 Å². The predicted octanol–water partition coefficient (Wildman–Crippen LogP) is 2.86. The standard InChI is InChI=1S/C18H25BrN4OS/c19-15-8-6-14(7-9-15)17-21-22-18(25-13-11-20-10-12-24)23(17)16-4-2-1-3-5-16/h6-9,16,20,24H,1-5,10-13H2/p+1. The van der Waals surface area contributed by atoms with Gasteiger partial charge in [0.25, 0.3) is 0 Å². The molecule has 3 rings (SSSR count). The normalized spacial score (nSPS) is 15.6. The lowest BCUT2D eigenvalue weighted by molar-refractivity contribution is -0.651. The topological polar surface area (TPSA) is 67.6 Å². The van der Waals surface area contributed by atoms with Crippen molar-refractivity contribution in [2.45, 2.75) is 43.3 Å². The summed E-state index contributed by atoms with van der Waals surface area (Å²) in [5.74, 6) is 1.96. The Kier molecular flexibility index (Phi) is 7.34. The molecular formula is C18H26BrN4OS+. The van der Waals surface area contributed by atoms with Crippen LogP contribution in [0.1, 0.15) is 38.1 Å². The molecule has 1 aromatic heterocycles. The number of nitrogens with zero attached hydrogens (tertiary/aromatic N) is 3. The number of quaternary nitrogens is 1. The predicted molar refractivity (Wildman–Crippen MR) is 105 cm³/mol. The van der Waals surface area contributed by atoms with Crippen molar-refractivity contribution in [2.24, 2.45) is 0 Å². The molecule has 5 nitrogen and oxygen atoms in total. The fourth-order valence-electron chi connectivity index (χ4n) is 3.31. The zero-order valence-corrected chi connectivity index (χ0v) is 16.8. The van der Waals surface area contributed by atoms with Gasteiger partial charge in [-0.2, -0.15) is 0 Å². The van der Waals surface area contributed by atoms with Gasteiger partial charge in [-0.05, 0) is 25.0 Å². The van der Waals surface area contributed by atoms with E-state index in [0.29, 0.717) is 6.04 Å². The number of aliphatic hydroxyl groups excluding tert-OH is 1. The third-order valence-corrected chi connectivity index (χ3v) is 6.10. The minimum Gasteiger partial charge on any atom is -0.391 e. The maximum atomic E-state index is 8.88. The van der Waals surface area contributed by atoms with E-state index in [4.69, 9.17) is 5.11 Å². The lowest BCUT2D eigenvalue weighted by atomic mass is 9.95. The highest BCUT2D eigenvalue weighted by atomic mass is 79.9. The highest BCUT2D eigenvalue weighted by molar-refractivity contribution is 9.10. The Labute approximate surface area is 161 Å². The molecule has 3 N–H and O–H groups in total. The van der Waals surface area contributed by atoms with Gasteiger partial charge >= 0.3 is 0 Å². The Morgan fingerprint density at radius 3 is 2.60 bits per heavy atom. The Hall–Kier alpha value is -0.890. The summed E-state index contributed by atoms with van der Waals surface area (Å²) in [5.41, 5.74) is 1.12. The first-order valence-electron chi connectivity index (χ1n) is 9.05. The fourth-order valence-corrected chi connectivity index (χ4v) is 4.51. The van der Waals surface area contributed by atoms with Crippen LogP contribution < -0.4 is 5.32 Å². The molecule has 1 aliphatic carbocycles. The summed E-state index contributed by atoms with van der Waals surface area (Å²) in [4.78, 5) is 0. The van der Waals surface area contributed by atoms with Crippen molar-refractivity contribution in [3.8, 4) is 11.4 Å². The lowest BCUT2D eigenvalue weighted by Crippen LogP contribution is -2.85. The first kappa shape index (κ1) is 18.9. The van der Waals surface area contributed by atoms with Crippen LogP contribution in [0.5, 0.6) is 0 Å². The van der Waals surface area contributed by atoms with Crippen LogP contribution in [0.3, 0.4) is 0 Å². The molecule has 1 aliphatic rings. The maximum Gasteiger partial charge on any atom is 0.191 e. The maximum absolute atomic E-state index is 8.88. The summed E-state index contributed by atoms with van der Waals surface area (Å²) in [6.07, 6.45) is 6.34. The number of hydrogen-bond acceptors (Lipinski definition) is 4. The van der Waals surface area contributed by atoms with Crippen LogP contribution >= 0.6 is 27.7 Å². The van der Waals surface area contributed by atoms with Crippen LogP contribution in [-0.2, 0) is 0 Å². The van der Waals surface area contributed by atoms with E-state index in [1.54, 1.807) is 11.8 Å². The van der Waals surface area contributed by atoms with Gasteiger partial charge in [0.1, 0.15) is 0 Å². The molecule has 0 saturated heterocycles. The van der Waals surface area contributed by atoms with Crippen LogP contribution in [-0.4, -0.2) is 45.3 Å². The fraction of sp³-hybridized carbons (Fsp3) is 0.556. The van der Waals surface area contributed by atoms with Gasteiger partial charge < -0.3 is 10.4 Å². The molecule has 0 spiro atoms. The van der Waals surface area contributed by atoms with Gasteiger partial charge in [-0.1, -0.05) is 59.1 Å².